The molecule has 1 fully saturated rings. The van der Waals surface area contributed by atoms with Crippen molar-refractivity contribution in [3.05, 3.63) is 59.9 Å². The second-order valence-corrected chi connectivity index (χ2v) is 8.09. The Balaban J connectivity index is 1.54. The van der Waals surface area contributed by atoms with Crippen LogP contribution in [0, 0.1) is 0 Å². The van der Waals surface area contributed by atoms with Gasteiger partial charge in [-0.15, -0.1) is 10.2 Å². The Bertz CT molecular complexity index is 1130. The van der Waals surface area contributed by atoms with Gasteiger partial charge in [0.2, 0.25) is 0 Å². The largest absolute Gasteiger partial charge is 0.307 e. The van der Waals surface area contributed by atoms with Gasteiger partial charge in [-0.3, -0.25) is 4.90 Å². The van der Waals surface area contributed by atoms with E-state index in [-0.39, 0.29) is 0 Å². The van der Waals surface area contributed by atoms with E-state index in [9.17, 15) is 0 Å². The summed E-state index contributed by atoms with van der Waals surface area (Å²) in [4.78, 5) is 4.83. The zero-order valence-corrected chi connectivity index (χ0v) is 17.7. The first-order valence-corrected chi connectivity index (χ1v) is 10.6. The third-order valence-electron chi connectivity index (χ3n) is 5.70. The molecule has 8 heteroatoms. The third kappa shape index (κ3) is 3.60. The Kier molecular flexibility index (Phi) is 5.25. The summed E-state index contributed by atoms with van der Waals surface area (Å²) in [6, 6.07) is 13.9. The normalized spacial score (nSPS) is 15.8. The molecule has 3 aromatic heterocycles. The number of hydrogen-bond acceptors (Lipinski definition) is 5. The molecule has 0 N–H and O–H groups in total. The highest BCUT2D eigenvalue weighted by atomic mass is 35.5. The number of piperazine rings is 1. The number of fused-ring (bicyclic) bond motifs is 1. The van der Waals surface area contributed by atoms with Crippen molar-refractivity contribution in [2.75, 3.05) is 39.8 Å². The summed E-state index contributed by atoms with van der Waals surface area (Å²) in [5, 5.41) is 15.3. The van der Waals surface area contributed by atoms with E-state index in [4.69, 9.17) is 16.7 Å². The first kappa shape index (κ1) is 19.2. The molecule has 0 aliphatic carbocycles. The van der Waals surface area contributed by atoms with E-state index in [1.54, 1.807) is 0 Å². The lowest BCUT2D eigenvalue weighted by Gasteiger charge is -2.32. The molecule has 0 unspecified atom stereocenters. The topological polar surface area (TPSA) is 55.0 Å². The average molecular weight is 422 g/mol. The van der Waals surface area contributed by atoms with Crippen molar-refractivity contribution in [2.24, 2.45) is 0 Å². The molecule has 0 radical (unpaired) electrons. The molecule has 5 rings (SSSR count). The van der Waals surface area contributed by atoms with E-state index < -0.39 is 0 Å². The van der Waals surface area contributed by atoms with Gasteiger partial charge in [0.05, 0.1) is 17.0 Å². The molecule has 154 valence electrons. The highest BCUT2D eigenvalue weighted by molar-refractivity contribution is 6.38. The maximum Gasteiger partial charge on any atom is 0.184 e. The van der Waals surface area contributed by atoms with Crippen molar-refractivity contribution in [2.45, 2.75) is 6.54 Å². The van der Waals surface area contributed by atoms with Crippen LogP contribution in [0.15, 0.2) is 54.9 Å². The molecule has 4 heterocycles. The van der Waals surface area contributed by atoms with Gasteiger partial charge in [0.25, 0.3) is 0 Å². The summed E-state index contributed by atoms with van der Waals surface area (Å²) in [5.41, 5.74) is 2.34. The summed E-state index contributed by atoms with van der Waals surface area (Å²) in [6.07, 6.45) is 3.96. The average Bonchev–Trinajstić information content (AvgIpc) is 3.43. The lowest BCUT2D eigenvalue weighted by Crippen LogP contribution is -2.45. The number of benzene rings is 1. The van der Waals surface area contributed by atoms with Gasteiger partial charge >= 0.3 is 0 Å². The highest BCUT2D eigenvalue weighted by Gasteiger charge is 2.21. The molecule has 30 heavy (non-hydrogen) atoms. The van der Waals surface area contributed by atoms with Crippen LogP contribution >= 0.6 is 11.6 Å². The fourth-order valence-electron chi connectivity index (χ4n) is 3.90. The monoisotopic (exact) mass is 421 g/mol. The summed E-state index contributed by atoms with van der Waals surface area (Å²) < 4.78 is 3.92. The van der Waals surface area contributed by atoms with Crippen LogP contribution in [-0.4, -0.2) is 74.1 Å². The number of aromatic nitrogens is 5. The van der Waals surface area contributed by atoms with Crippen LogP contribution in [0.5, 0.6) is 0 Å². The Morgan fingerprint density at radius 3 is 2.37 bits per heavy atom. The molecule has 0 spiro atoms. The highest BCUT2D eigenvalue weighted by Crippen LogP contribution is 2.34. The predicted octanol–water partition coefficient (Wildman–Crippen LogP) is 3.18. The first-order chi connectivity index (χ1) is 14.7. The molecule has 0 atom stereocenters. The predicted molar refractivity (Wildman–Crippen MR) is 119 cm³/mol. The Morgan fingerprint density at radius 2 is 1.63 bits per heavy atom. The molecule has 1 aliphatic rings. The van der Waals surface area contributed by atoms with E-state index in [0.717, 1.165) is 61.7 Å². The minimum Gasteiger partial charge on any atom is -0.307 e. The van der Waals surface area contributed by atoms with E-state index in [0.29, 0.717) is 10.7 Å². The minimum atomic E-state index is 0.584. The summed E-state index contributed by atoms with van der Waals surface area (Å²) >= 11 is 6.89. The summed E-state index contributed by atoms with van der Waals surface area (Å²) in [5.74, 6) is 0.783. The van der Waals surface area contributed by atoms with E-state index in [1.807, 2.05) is 64.1 Å². The van der Waals surface area contributed by atoms with E-state index in [2.05, 4.69) is 27.0 Å². The fourth-order valence-corrected chi connectivity index (χ4v) is 4.21. The van der Waals surface area contributed by atoms with Gasteiger partial charge in [-0.1, -0.05) is 41.9 Å². The first-order valence-electron chi connectivity index (χ1n) is 10.2. The number of hydrogen-bond donors (Lipinski definition) is 0. The zero-order valence-electron chi connectivity index (χ0n) is 16.9. The second kappa shape index (κ2) is 8.18. The van der Waals surface area contributed by atoms with Crippen LogP contribution in [0.1, 0.15) is 0 Å². The maximum absolute atomic E-state index is 6.89. The van der Waals surface area contributed by atoms with Gasteiger partial charge in [0, 0.05) is 50.7 Å². The van der Waals surface area contributed by atoms with Gasteiger partial charge in [0.1, 0.15) is 5.69 Å². The molecule has 0 amide bonds. The molecule has 1 aromatic carbocycles. The van der Waals surface area contributed by atoms with Crippen LogP contribution in [-0.2, 0) is 6.54 Å². The van der Waals surface area contributed by atoms with Gasteiger partial charge in [-0.05, 0) is 19.2 Å². The van der Waals surface area contributed by atoms with Gasteiger partial charge in [-0.25, -0.2) is 4.68 Å². The van der Waals surface area contributed by atoms with Crippen molar-refractivity contribution in [3.8, 4) is 17.1 Å². The number of rotatable bonds is 5. The van der Waals surface area contributed by atoms with Crippen molar-refractivity contribution in [3.63, 3.8) is 0 Å². The van der Waals surface area contributed by atoms with E-state index in [1.165, 1.54) is 0 Å². The molecular formula is C22H24ClN7. The molecule has 0 bridgehead atoms. The fraction of sp³-hybridized carbons (Fsp3) is 0.318. The van der Waals surface area contributed by atoms with Crippen molar-refractivity contribution < 1.29 is 0 Å². The number of likely N-dealkylation sites (N-methyl/N-ethyl adjacent to an activating group) is 1. The van der Waals surface area contributed by atoms with Crippen LogP contribution in [0.2, 0.25) is 5.02 Å². The lowest BCUT2D eigenvalue weighted by molar-refractivity contribution is 0.149. The zero-order chi connectivity index (χ0) is 20.5. The Morgan fingerprint density at radius 1 is 0.900 bits per heavy atom. The molecule has 7 nitrogen and oxygen atoms in total. The number of nitrogens with zero attached hydrogens (tertiary/aromatic N) is 7. The summed E-state index contributed by atoms with van der Waals surface area (Å²) in [7, 11) is 2.17. The van der Waals surface area contributed by atoms with Crippen LogP contribution in [0.4, 0.5) is 0 Å². The Labute approximate surface area is 180 Å². The molecular weight excluding hydrogens is 398 g/mol. The third-order valence-corrected chi connectivity index (χ3v) is 6.07. The second-order valence-electron chi connectivity index (χ2n) is 7.71. The molecule has 4 aromatic rings. The van der Waals surface area contributed by atoms with Gasteiger partial charge in [0.15, 0.2) is 11.5 Å². The minimum absolute atomic E-state index is 0.584. The summed E-state index contributed by atoms with van der Waals surface area (Å²) in [6.45, 7) is 6.02. The van der Waals surface area contributed by atoms with Crippen LogP contribution in [0.25, 0.3) is 28.1 Å². The smallest absolute Gasteiger partial charge is 0.184 e. The number of halogens is 1. The SMILES string of the molecule is CN1CCN(CCn2nc(-n3cccc3)c3c(Cl)c(-c4ccccc4)nnc32)CC1. The maximum atomic E-state index is 6.89. The quantitative estimate of drug-likeness (QED) is 0.495. The molecule has 1 saturated heterocycles. The molecule has 0 saturated carbocycles. The van der Waals surface area contributed by atoms with Crippen molar-refractivity contribution in [1.29, 1.82) is 0 Å². The van der Waals surface area contributed by atoms with Crippen molar-refractivity contribution >= 4 is 22.6 Å². The molecule has 1 aliphatic heterocycles. The van der Waals surface area contributed by atoms with Crippen molar-refractivity contribution in [1.82, 2.24) is 34.3 Å². The lowest BCUT2D eigenvalue weighted by atomic mass is 10.1. The van der Waals surface area contributed by atoms with Gasteiger partial charge in [-0.2, -0.15) is 5.10 Å². The Hall–Kier alpha value is -2.74. The van der Waals surface area contributed by atoms with E-state index >= 15 is 0 Å². The standard InChI is InChI=1S/C22H24ClN7/c1-27-11-13-28(14-12-27)15-16-30-21-18(22(26-30)29-9-5-6-10-29)19(23)20(24-25-21)17-7-3-2-4-8-17/h2-10H,11-16H2,1H3. The van der Waals surface area contributed by atoms with Crippen LogP contribution in [0.3, 0.4) is 0 Å². The van der Waals surface area contributed by atoms with Crippen LogP contribution < -0.4 is 0 Å². The van der Waals surface area contributed by atoms with Gasteiger partial charge < -0.3 is 9.47 Å².